The standard InChI is InChI=1S/C41H27FN4/c42-39(28-12-8-11-27(25-28)35-19-6-7-23-43-35)29-13-9-16-31(26-29)46-37-22-21-33-32-17-4-5-20-36(32)45(30-14-2-1-3-15-30)40(33)38(37)34-18-10-24-44-41(34)46/h1-26,39H. The third kappa shape index (κ3) is 4.06. The van der Waals surface area contributed by atoms with Gasteiger partial charge in [-0.1, -0.05) is 78.9 Å². The van der Waals surface area contributed by atoms with Gasteiger partial charge in [-0.25, -0.2) is 9.37 Å². The van der Waals surface area contributed by atoms with Crippen molar-refractivity contribution in [2.75, 3.05) is 0 Å². The van der Waals surface area contributed by atoms with Crippen molar-refractivity contribution in [3.8, 4) is 22.6 Å². The molecule has 0 N–H and O–H groups in total. The first-order chi connectivity index (χ1) is 22.8. The van der Waals surface area contributed by atoms with Crippen molar-refractivity contribution in [2.45, 2.75) is 6.17 Å². The molecule has 0 aliphatic heterocycles. The van der Waals surface area contributed by atoms with Crippen LogP contribution in [0.2, 0.25) is 0 Å². The number of fused-ring (bicyclic) bond motifs is 7. The molecule has 5 heteroatoms. The first-order valence-corrected chi connectivity index (χ1v) is 15.4. The molecule has 1 unspecified atom stereocenters. The summed E-state index contributed by atoms with van der Waals surface area (Å²) in [5.41, 5.74) is 8.98. The number of hydrogen-bond donors (Lipinski definition) is 0. The highest BCUT2D eigenvalue weighted by atomic mass is 19.1. The number of rotatable bonds is 5. The molecule has 0 spiro atoms. The molecule has 0 saturated heterocycles. The van der Waals surface area contributed by atoms with E-state index in [0.717, 1.165) is 55.6 Å². The van der Waals surface area contributed by atoms with Crippen LogP contribution in [0.15, 0.2) is 158 Å². The van der Waals surface area contributed by atoms with Crippen molar-refractivity contribution in [1.82, 2.24) is 19.1 Å². The molecule has 9 rings (SSSR count). The van der Waals surface area contributed by atoms with Crippen LogP contribution in [-0.4, -0.2) is 19.1 Å². The fourth-order valence-corrected chi connectivity index (χ4v) is 6.89. The number of alkyl halides is 1. The maximum absolute atomic E-state index is 16.3. The Kier molecular flexibility index (Phi) is 6.03. The van der Waals surface area contributed by atoms with E-state index in [1.807, 2.05) is 85.1 Å². The second-order valence-corrected chi connectivity index (χ2v) is 11.6. The number of halogens is 1. The van der Waals surface area contributed by atoms with Gasteiger partial charge in [0.15, 0.2) is 6.17 Å². The molecular weight excluding hydrogens is 567 g/mol. The van der Waals surface area contributed by atoms with Crippen molar-refractivity contribution < 1.29 is 4.39 Å². The van der Waals surface area contributed by atoms with E-state index in [9.17, 15) is 0 Å². The number of para-hydroxylation sites is 2. The second-order valence-electron chi connectivity index (χ2n) is 11.6. The summed E-state index contributed by atoms with van der Waals surface area (Å²) in [7, 11) is 0. The van der Waals surface area contributed by atoms with Crippen molar-refractivity contribution in [3.05, 3.63) is 169 Å². The van der Waals surface area contributed by atoms with Crippen LogP contribution in [0.4, 0.5) is 4.39 Å². The molecule has 4 nitrogen and oxygen atoms in total. The minimum Gasteiger partial charge on any atom is -0.309 e. The lowest BCUT2D eigenvalue weighted by molar-refractivity contribution is 0.402. The smallest absolute Gasteiger partial charge is 0.150 e. The molecular formula is C41H27FN4. The molecule has 0 radical (unpaired) electrons. The Balaban J connectivity index is 1.27. The fourth-order valence-electron chi connectivity index (χ4n) is 6.89. The molecule has 0 saturated carbocycles. The molecule has 4 heterocycles. The Labute approximate surface area is 264 Å². The van der Waals surface area contributed by atoms with Gasteiger partial charge in [-0.05, 0) is 77.9 Å². The number of hydrogen-bond acceptors (Lipinski definition) is 2. The van der Waals surface area contributed by atoms with Crippen LogP contribution in [0.25, 0.3) is 66.4 Å². The van der Waals surface area contributed by atoms with Gasteiger partial charge >= 0.3 is 0 Å². The van der Waals surface area contributed by atoms with Crippen LogP contribution < -0.4 is 0 Å². The molecule has 5 aromatic carbocycles. The topological polar surface area (TPSA) is 35.6 Å². The van der Waals surface area contributed by atoms with E-state index < -0.39 is 6.17 Å². The Bertz CT molecular complexity index is 2550. The average molecular weight is 595 g/mol. The van der Waals surface area contributed by atoms with E-state index in [0.29, 0.717) is 11.1 Å². The van der Waals surface area contributed by atoms with Gasteiger partial charge < -0.3 is 4.57 Å². The SMILES string of the molecule is FC(c1cccc(-c2ccccn2)c1)c1cccc(-n2c3ccc4c5ccccc5n(-c5ccccc5)c4c3c3cccnc32)c1. The summed E-state index contributed by atoms with van der Waals surface area (Å²) in [4.78, 5) is 9.34. The number of pyridine rings is 2. The van der Waals surface area contributed by atoms with E-state index >= 15 is 4.39 Å². The Morgan fingerprint density at radius 2 is 1.24 bits per heavy atom. The lowest BCUT2D eigenvalue weighted by atomic mass is 9.99. The summed E-state index contributed by atoms with van der Waals surface area (Å²) >= 11 is 0. The molecule has 0 aliphatic rings. The largest absolute Gasteiger partial charge is 0.309 e. The summed E-state index contributed by atoms with van der Waals surface area (Å²) < 4.78 is 20.8. The molecule has 0 amide bonds. The van der Waals surface area contributed by atoms with Crippen LogP contribution in [0, 0.1) is 0 Å². The van der Waals surface area contributed by atoms with Crippen LogP contribution >= 0.6 is 0 Å². The van der Waals surface area contributed by atoms with Crippen LogP contribution in [-0.2, 0) is 0 Å². The van der Waals surface area contributed by atoms with Crippen LogP contribution in [0.5, 0.6) is 0 Å². The molecule has 0 bridgehead atoms. The molecule has 0 fully saturated rings. The van der Waals surface area contributed by atoms with E-state index in [-0.39, 0.29) is 0 Å². The van der Waals surface area contributed by atoms with Crippen LogP contribution in [0.3, 0.4) is 0 Å². The maximum Gasteiger partial charge on any atom is 0.150 e. The number of nitrogens with zero attached hydrogens (tertiary/aromatic N) is 4. The predicted octanol–water partition coefficient (Wildman–Crippen LogP) is 10.4. The first-order valence-electron chi connectivity index (χ1n) is 15.4. The summed E-state index contributed by atoms with van der Waals surface area (Å²) in [6.07, 6.45) is 2.27. The predicted molar refractivity (Wildman–Crippen MR) is 186 cm³/mol. The summed E-state index contributed by atoms with van der Waals surface area (Å²) in [5, 5.41) is 4.54. The minimum atomic E-state index is -1.31. The van der Waals surface area contributed by atoms with Gasteiger partial charge in [0.05, 0.1) is 22.2 Å². The quantitative estimate of drug-likeness (QED) is 0.199. The average Bonchev–Trinajstić information content (AvgIpc) is 3.65. The van der Waals surface area contributed by atoms with Gasteiger partial charge in [-0.15, -0.1) is 0 Å². The van der Waals surface area contributed by atoms with Crippen molar-refractivity contribution in [1.29, 1.82) is 0 Å². The van der Waals surface area contributed by atoms with Gasteiger partial charge in [-0.3, -0.25) is 9.55 Å². The number of benzene rings is 5. The lowest BCUT2D eigenvalue weighted by Gasteiger charge is -2.14. The van der Waals surface area contributed by atoms with Crippen molar-refractivity contribution in [3.63, 3.8) is 0 Å². The highest BCUT2D eigenvalue weighted by Gasteiger charge is 2.22. The fraction of sp³-hybridized carbons (Fsp3) is 0.0244. The molecule has 218 valence electrons. The first kappa shape index (κ1) is 26.3. The molecule has 46 heavy (non-hydrogen) atoms. The van der Waals surface area contributed by atoms with Gasteiger partial charge in [0, 0.05) is 50.9 Å². The molecule has 1 atom stereocenters. The summed E-state index contributed by atoms with van der Waals surface area (Å²) in [6, 6.07) is 48.7. The van der Waals surface area contributed by atoms with E-state index in [4.69, 9.17) is 4.98 Å². The molecule has 4 aromatic heterocycles. The van der Waals surface area contributed by atoms with Crippen LogP contribution in [0.1, 0.15) is 17.3 Å². The van der Waals surface area contributed by atoms with Crippen molar-refractivity contribution in [2.24, 2.45) is 0 Å². The maximum atomic E-state index is 16.3. The zero-order chi connectivity index (χ0) is 30.6. The zero-order valence-electron chi connectivity index (χ0n) is 24.8. The van der Waals surface area contributed by atoms with Gasteiger partial charge in [-0.2, -0.15) is 0 Å². The normalized spacial score (nSPS) is 12.4. The second kappa shape index (κ2) is 10.5. The molecule has 9 aromatic rings. The third-order valence-corrected chi connectivity index (χ3v) is 8.90. The third-order valence-electron chi connectivity index (χ3n) is 8.90. The van der Waals surface area contributed by atoms with Gasteiger partial charge in [0.1, 0.15) is 5.65 Å². The van der Waals surface area contributed by atoms with E-state index in [1.54, 1.807) is 6.20 Å². The summed E-state index contributed by atoms with van der Waals surface area (Å²) in [5.74, 6) is 0. The summed E-state index contributed by atoms with van der Waals surface area (Å²) in [6.45, 7) is 0. The Morgan fingerprint density at radius 1 is 0.500 bits per heavy atom. The minimum absolute atomic E-state index is 0.584. The van der Waals surface area contributed by atoms with Gasteiger partial charge in [0.25, 0.3) is 0 Å². The lowest BCUT2D eigenvalue weighted by Crippen LogP contribution is -2.00. The Hall–Kier alpha value is -6.07. The number of aromatic nitrogens is 4. The highest BCUT2D eigenvalue weighted by molar-refractivity contribution is 6.25. The van der Waals surface area contributed by atoms with Crippen molar-refractivity contribution >= 4 is 43.7 Å². The Morgan fingerprint density at radius 3 is 2.11 bits per heavy atom. The van der Waals surface area contributed by atoms with E-state index in [1.165, 1.54) is 10.8 Å². The zero-order valence-corrected chi connectivity index (χ0v) is 24.8. The van der Waals surface area contributed by atoms with E-state index in [2.05, 4.69) is 80.8 Å². The molecule has 0 aliphatic carbocycles. The van der Waals surface area contributed by atoms with Gasteiger partial charge in [0.2, 0.25) is 0 Å². The highest BCUT2D eigenvalue weighted by Crippen LogP contribution is 2.41. The monoisotopic (exact) mass is 594 g/mol.